The maximum atomic E-state index is 12.1. The van der Waals surface area contributed by atoms with E-state index in [1.165, 1.54) is 18.2 Å². The Morgan fingerprint density at radius 2 is 2.08 bits per heavy atom. The number of rotatable bonds is 0. The third kappa shape index (κ3) is 1.59. The Morgan fingerprint density at radius 3 is 2.50 bits per heavy atom. The van der Waals surface area contributed by atoms with Gasteiger partial charge in [0.1, 0.15) is 0 Å². The van der Waals surface area contributed by atoms with Crippen molar-refractivity contribution in [2.75, 3.05) is 0 Å². The van der Waals surface area contributed by atoms with E-state index in [1.54, 1.807) is 0 Å². The average molecular weight is 169 g/mol. The molecule has 0 saturated carbocycles. The fourth-order valence-corrected chi connectivity index (χ4v) is 0.792. The van der Waals surface area contributed by atoms with Crippen LogP contribution in [0.5, 0.6) is 0 Å². The summed E-state index contributed by atoms with van der Waals surface area (Å²) >= 11 is 0. The van der Waals surface area contributed by atoms with E-state index in [-0.39, 0.29) is 5.56 Å². The second-order valence-electron chi connectivity index (χ2n) is 2.10. The molecule has 0 aliphatic rings. The molecule has 0 nitrogen and oxygen atoms in total. The second-order valence-corrected chi connectivity index (χ2v) is 2.10. The Hall–Kier alpha value is -1.43. The Kier molecular flexibility index (Phi) is 2.09. The molecule has 0 aliphatic heterocycles. The highest BCUT2D eigenvalue weighted by Gasteiger charge is 2.32. The van der Waals surface area contributed by atoms with Gasteiger partial charge in [-0.3, -0.25) is 0 Å². The largest absolute Gasteiger partial charge is 0.418 e. The van der Waals surface area contributed by atoms with E-state index in [0.29, 0.717) is 0 Å². The SMILES string of the molecule is C#Cc1ccc[c]c1C(F)(F)F. The van der Waals surface area contributed by atoms with Crippen LogP contribution in [0.25, 0.3) is 0 Å². The lowest BCUT2D eigenvalue weighted by Crippen LogP contribution is -2.07. The molecule has 3 heteroatoms. The van der Waals surface area contributed by atoms with Gasteiger partial charge in [0.05, 0.1) is 5.56 Å². The van der Waals surface area contributed by atoms with Gasteiger partial charge in [-0.1, -0.05) is 18.1 Å². The molecule has 12 heavy (non-hydrogen) atoms. The number of halogens is 3. The Morgan fingerprint density at radius 1 is 1.42 bits per heavy atom. The zero-order valence-electron chi connectivity index (χ0n) is 5.94. The van der Waals surface area contributed by atoms with Crippen molar-refractivity contribution in [2.45, 2.75) is 6.18 Å². The number of terminal acetylenes is 1. The fraction of sp³-hybridized carbons (Fsp3) is 0.111. The maximum Gasteiger partial charge on any atom is 0.418 e. The first-order valence-electron chi connectivity index (χ1n) is 3.10. The summed E-state index contributed by atoms with van der Waals surface area (Å²) in [6.07, 6.45) is 0.464. The van der Waals surface area contributed by atoms with Gasteiger partial charge >= 0.3 is 6.18 Å². The van der Waals surface area contributed by atoms with Gasteiger partial charge in [-0.15, -0.1) is 6.42 Å². The number of alkyl halides is 3. The normalized spacial score (nSPS) is 10.8. The first-order chi connectivity index (χ1) is 5.55. The van der Waals surface area contributed by atoms with E-state index in [0.717, 1.165) is 0 Å². The van der Waals surface area contributed by atoms with Gasteiger partial charge in [0.2, 0.25) is 0 Å². The zero-order valence-corrected chi connectivity index (χ0v) is 5.94. The van der Waals surface area contributed by atoms with Crippen LogP contribution in [0.2, 0.25) is 0 Å². The average Bonchev–Trinajstić information content (AvgIpc) is 2.03. The molecule has 0 aliphatic carbocycles. The minimum atomic E-state index is -4.41. The molecule has 61 valence electrons. The lowest BCUT2D eigenvalue weighted by Gasteiger charge is -2.07. The van der Waals surface area contributed by atoms with E-state index >= 15 is 0 Å². The Balaban J connectivity index is 3.26. The summed E-state index contributed by atoms with van der Waals surface area (Å²) in [5.41, 5.74) is -1.06. The molecule has 1 aromatic rings. The van der Waals surface area contributed by atoms with Gasteiger partial charge in [-0.05, 0) is 12.1 Å². The predicted octanol–water partition coefficient (Wildman–Crippen LogP) is 2.49. The van der Waals surface area contributed by atoms with Gasteiger partial charge in [-0.2, -0.15) is 13.2 Å². The molecule has 1 radical (unpaired) electrons. The van der Waals surface area contributed by atoms with Crippen LogP contribution < -0.4 is 0 Å². The molecule has 0 N–H and O–H groups in total. The van der Waals surface area contributed by atoms with Crippen molar-refractivity contribution in [2.24, 2.45) is 0 Å². The van der Waals surface area contributed by atoms with Crippen molar-refractivity contribution < 1.29 is 13.2 Å². The van der Waals surface area contributed by atoms with Crippen molar-refractivity contribution in [1.82, 2.24) is 0 Å². The van der Waals surface area contributed by atoms with Crippen molar-refractivity contribution in [3.05, 3.63) is 35.4 Å². The second kappa shape index (κ2) is 2.90. The van der Waals surface area contributed by atoms with Crippen LogP contribution in [-0.4, -0.2) is 0 Å². The standard InChI is InChI=1S/C9H4F3/c1-2-7-5-3-4-6-8(7)9(10,11)12/h1,3-5H. The lowest BCUT2D eigenvalue weighted by molar-refractivity contribution is -0.138. The van der Waals surface area contributed by atoms with E-state index in [2.05, 4.69) is 6.07 Å². The molecule has 0 aromatic heterocycles. The van der Waals surface area contributed by atoms with Crippen LogP contribution in [0.3, 0.4) is 0 Å². The van der Waals surface area contributed by atoms with Crippen LogP contribution in [0, 0.1) is 18.4 Å². The smallest absolute Gasteiger partial charge is 0.166 e. The number of benzene rings is 1. The molecule has 0 amide bonds. The topological polar surface area (TPSA) is 0 Å². The molecular weight excluding hydrogens is 165 g/mol. The van der Waals surface area contributed by atoms with Crippen molar-refractivity contribution >= 4 is 0 Å². The zero-order chi connectivity index (χ0) is 9.19. The maximum absolute atomic E-state index is 12.1. The van der Waals surface area contributed by atoms with Gasteiger partial charge in [0.15, 0.2) is 0 Å². The molecule has 0 spiro atoms. The summed E-state index contributed by atoms with van der Waals surface area (Å²) in [4.78, 5) is 0. The molecule has 0 atom stereocenters. The first kappa shape index (κ1) is 8.66. The summed E-state index contributed by atoms with van der Waals surface area (Å²) in [5.74, 6) is 1.95. The van der Waals surface area contributed by atoms with E-state index in [1.807, 2.05) is 5.92 Å². The molecule has 0 bridgehead atoms. The van der Waals surface area contributed by atoms with Crippen LogP contribution in [0.4, 0.5) is 13.2 Å². The minimum absolute atomic E-state index is 0.176. The molecule has 1 rings (SSSR count). The fourth-order valence-electron chi connectivity index (χ4n) is 0.792. The summed E-state index contributed by atoms with van der Waals surface area (Å²) < 4.78 is 36.3. The molecule has 0 unspecified atom stereocenters. The molecule has 0 heterocycles. The molecular formula is C9H4F3. The third-order valence-electron chi connectivity index (χ3n) is 1.30. The highest BCUT2D eigenvalue weighted by atomic mass is 19.4. The van der Waals surface area contributed by atoms with Crippen molar-refractivity contribution in [1.29, 1.82) is 0 Å². The highest BCUT2D eigenvalue weighted by molar-refractivity contribution is 5.40. The molecule has 1 aromatic carbocycles. The first-order valence-corrected chi connectivity index (χ1v) is 3.10. The minimum Gasteiger partial charge on any atom is -0.166 e. The highest BCUT2D eigenvalue weighted by Crippen LogP contribution is 2.30. The summed E-state index contributed by atoms with van der Waals surface area (Å²) in [5, 5.41) is 0. The van der Waals surface area contributed by atoms with E-state index in [4.69, 9.17) is 6.42 Å². The van der Waals surface area contributed by atoms with Gasteiger partial charge in [-0.25, -0.2) is 0 Å². The number of hydrogen-bond donors (Lipinski definition) is 0. The summed E-state index contributed by atoms with van der Waals surface area (Å²) in [6, 6.07) is 5.90. The summed E-state index contributed by atoms with van der Waals surface area (Å²) in [7, 11) is 0. The van der Waals surface area contributed by atoms with E-state index in [9.17, 15) is 13.2 Å². The van der Waals surface area contributed by atoms with Crippen LogP contribution in [0.15, 0.2) is 18.2 Å². The Bertz CT molecular complexity index is 317. The van der Waals surface area contributed by atoms with Crippen molar-refractivity contribution in [3.8, 4) is 12.3 Å². The number of hydrogen-bond acceptors (Lipinski definition) is 0. The van der Waals surface area contributed by atoms with Crippen LogP contribution in [0.1, 0.15) is 11.1 Å². The van der Waals surface area contributed by atoms with Crippen LogP contribution in [-0.2, 0) is 6.18 Å². The monoisotopic (exact) mass is 169 g/mol. The third-order valence-corrected chi connectivity index (χ3v) is 1.30. The van der Waals surface area contributed by atoms with Crippen LogP contribution >= 0.6 is 0 Å². The predicted molar refractivity (Wildman–Crippen MR) is 38.2 cm³/mol. The van der Waals surface area contributed by atoms with E-state index < -0.39 is 11.7 Å². The molecule has 0 fully saturated rings. The quantitative estimate of drug-likeness (QED) is 0.523. The lowest BCUT2D eigenvalue weighted by atomic mass is 10.1. The molecule has 0 saturated heterocycles. The van der Waals surface area contributed by atoms with Gasteiger partial charge in [0, 0.05) is 5.56 Å². The Labute approximate surface area is 68.0 Å². The van der Waals surface area contributed by atoms with Crippen molar-refractivity contribution in [3.63, 3.8) is 0 Å². The van der Waals surface area contributed by atoms with Gasteiger partial charge < -0.3 is 0 Å². The summed E-state index contributed by atoms with van der Waals surface area (Å²) in [6.45, 7) is 0. The van der Waals surface area contributed by atoms with Gasteiger partial charge in [0.25, 0.3) is 0 Å².